The molecule has 3 heterocycles. The van der Waals surface area contributed by atoms with Crippen LogP contribution in [-0.2, 0) is 9.47 Å². The van der Waals surface area contributed by atoms with E-state index in [1.165, 1.54) is 0 Å². The molecule has 0 N–H and O–H groups in total. The van der Waals surface area contributed by atoms with Gasteiger partial charge in [-0.3, -0.25) is 4.79 Å². The third kappa shape index (κ3) is 2.94. The number of carbonyl (C=O) groups is 2. The van der Waals surface area contributed by atoms with E-state index in [2.05, 4.69) is 0 Å². The van der Waals surface area contributed by atoms with Crippen LogP contribution in [0.25, 0.3) is 11.3 Å². The Bertz CT molecular complexity index is 867. The highest BCUT2D eigenvalue weighted by Gasteiger charge is 2.45. The van der Waals surface area contributed by atoms with E-state index in [9.17, 15) is 9.59 Å². The highest BCUT2D eigenvalue weighted by molar-refractivity contribution is 6.33. The number of rotatable bonds is 2. The first-order valence-corrected chi connectivity index (χ1v) is 8.86. The first-order chi connectivity index (χ1) is 12.5. The Hall–Kier alpha value is -2.47. The largest absolute Gasteiger partial charge is 0.509 e. The number of carbonyl (C=O) groups excluding carboxylic acids is 2. The molecule has 0 radical (unpaired) electrons. The number of benzene rings is 1. The third-order valence-corrected chi connectivity index (χ3v) is 5.33. The summed E-state index contributed by atoms with van der Waals surface area (Å²) in [5.74, 6) is 1.04. The number of cyclic esters (lactones) is 1. The maximum atomic E-state index is 12.9. The van der Waals surface area contributed by atoms with E-state index in [0.29, 0.717) is 48.0 Å². The number of amides is 1. The normalized spacial score (nSPS) is 18.7. The number of nitrogens with zero attached hydrogens (tertiary/aromatic N) is 1. The van der Waals surface area contributed by atoms with E-state index in [4.69, 9.17) is 25.5 Å². The van der Waals surface area contributed by atoms with E-state index >= 15 is 0 Å². The molecule has 136 valence electrons. The lowest BCUT2D eigenvalue weighted by Crippen LogP contribution is -2.48. The van der Waals surface area contributed by atoms with Gasteiger partial charge in [-0.25, -0.2) is 4.79 Å². The number of halogens is 1. The fourth-order valence-corrected chi connectivity index (χ4v) is 3.68. The molecule has 2 aromatic rings. The molecule has 1 amide bonds. The molecule has 7 heteroatoms. The van der Waals surface area contributed by atoms with Gasteiger partial charge < -0.3 is 18.8 Å². The van der Waals surface area contributed by atoms with Crippen LogP contribution in [0.4, 0.5) is 4.79 Å². The topological polar surface area (TPSA) is 69.0 Å². The van der Waals surface area contributed by atoms with Gasteiger partial charge in [-0.15, -0.1) is 0 Å². The summed E-state index contributed by atoms with van der Waals surface area (Å²) in [5, 5.41) is 0.572. The molecule has 2 fully saturated rings. The van der Waals surface area contributed by atoms with Crippen LogP contribution in [0.5, 0.6) is 0 Å². The molecule has 4 rings (SSSR count). The molecule has 0 saturated carbocycles. The summed E-state index contributed by atoms with van der Waals surface area (Å²) < 4.78 is 16.0. The lowest BCUT2D eigenvalue weighted by Gasteiger charge is -2.36. The number of ether oxygens (including phenoxy) is 2. The zero-order valence-corrected chi connectivity index (χ0v) is 15.0. The van der Waals surface area contributed by atoms with E-state index in [-0.39, 0.29) is 12.5 Å². The van der Waals surface area contributed by atoms with Gasteiger partial charge in [0.05, 0.1) is 10.6 Å². The van der Waals surface area contributed by atoms with Gasteiger partial charge in [0.1, 0.15) is 18.1 Å². The van der Waals surface area contributed by atoms with Crippen LogP contribution in [0.15, 0.2) is 34.7 Å². The SMILES string of the molecule is Cc1oc(-c2ccccc2Cl)cc1C(=O)N1CCC2(CC1)COC(=O)O2. The van der Waals surface area contributed by atoms with Crippen molar-refractivity contribution >= 4 is 23.7 Å². The minimum absolute atomic E-state index is 0.0929. The summed E-state index contributed by atoms with van der Waals surface area (Å²) in [6.45, 7) is 3.03. The summed E-state index contributed by atoms with van der Waals surface area (Å²) in [4.78, 5) is 25.9. The van der Waals surface area contributed by atoms with Crippen molar-refractivity contribution in [2.75, 3.05) is 19.7 Å². The standard InChI is InChI=1S/C19H18ClNO5/c1-12-14(10-16(25-12)13-4-2-3-5-15(13)20)17(22)21-8-6-19(7-9-21)11-24-18(23)26-19/h2-5,10H,6-9,11H2,1H3. The van der Waals surface area contributed by atoms with Gasteiger partial charge in [-0.2, -0.15) is 0 Å². The van der Waals surface area contributed by atoms with Crippen molar-refractivity contribution in [3.8, 4) is 11.3 Å². The molecular weight excluding hydrogens is 358 g/mol. The molecule has 0 unspecified atom stereocenters. The highest BCUT2D eigenvalue weighted by Crippen LogP contribution is 2.34. The van der Waals surface area contributed by atoms with Gasteiger partial charge in [0.25, 0.3) is 5.91 Å². The monoisotopic (exact) mass is 375 g/mol. The number of piperidine rings is 1. The lowest BCUT2D eigenvalue weighted by atomic mass is 9.92. The first-order valence-electron chi connectivity index (χ1n) is 8.48. The Morgan fingerprint density at radius 3 is 2.62 bits per heavy atom. The van der Waals surface area contributed by atoms with Crippen LogP contribution < -0.4 is 0 Å². The van der Waals surface area contributed by atoms with Crippen molar-refractivity contribution in [3.63, 3.8) is 0 Å². The second kappa shape index (κ2) is 6.36. The fraction of sp³-hybridized carbons (Fsp3) is 0.368. The Balaban J connectivity index is 1.51. The third-order valence-electron chi connectivity index (χ3n) is 5.00. The van der Waals surface area contributed by atoms with Crippen molar-refractivity contribution < 1.29 is 23.5 Å². The molecule has 2 saturated heterocycles. The first kappa shape index (κ1) is 17.0. The van der Waals surface area contributed by atoms with Crippen LogP contribution in [0.1, 0.15) is 29.0 Å². The summed E-state index contributed by atoms with van der Waals surface area (Å²) in [7, 11) is 0. The van der Waals surface area contributed by atoms with E-state index < -0.39 is 11.8 Å². The van der Waals surface area contributed by atoms with Crippen LogP contribution in [-0.4, -0.2) is 42.3 Å². The molecule has 1 spiro atoms. The Morgan fingerprint density at radius 1 is 1.23 bits per heavy atom. The van der Waals surface area contributed by atoms with Crippen LogP contribution in [0.3, 0.4) is 0 Å². The summed E-state index contributed by atoms with van der Waals surface area (Å²) in [6, 6.07) is 9.09. The van der Waals surface area contributed by atoms with Crippen LogP contribution in [0.2, 0.25) is 5.02 Å². The second-order valence-electron chi connectivity index (χ2n) is 6.68. The van der Waals surface area contributed by atoms with Gasteiger partial charge >= 0.3 is 6.16 Å². The van der Waals surface area contributed by atoms with Gasteiger partial charge in [0, 0.05) is 31.5 Å². The van der Waals surface area contributed by atoms with E-state index in [1.54, 1.807) is 24.0 Å². The van der Waals surface area contributed by atoms with Crippen molar-refractivity contribution in [1.82, 2.24) is 4.90 Å². The van der Waals surface area contributed by atoms with Gasteiger partial charge in [-0.1, -0.05) is 23.7 Å². The maximum Gasteiger partial charge on any atom is 0.509 e. The van der Waals surface area contributed by atoms with Crippen molar-refractivity contribution in [2.45, 2.75) is 25.4 Å². The van der Waals surface area contributed by atoms with Crippen LogP contribution >= 0.6 is 11.6 Å². The predicted octanol–water partition coefficient (Wildman–Crippen LogP) is 4.05. The zero-order valence-electron chi connectivity index (χ0n) is 14.3. The van der Waals surface area contributed by atoms with Crippen molar-refractivity contribution in [3.05, 3.63) is 46.7 Å². The molecule has 26 heavy (non-hydrogen) atoms. The summed E-state index contributed by atoms with van der Waals surface area (Å²) >= 11 is 6.22. The highest BCUT2D eigenvalue weighted by atomic mass is 35.5. The van der Waals surface area contributed by atoms with E-state index in [0.717, 1.165) is 5.56 Å². The van der Waals surface area contributed by atoms with Gasteiger partial charge in [0.2, 0.25) is 0 Å². The number of likely N-dealkylation sites (tertiary alicyclic amines) is 1. The fourth-order valence-electron chi connectivity index (χ4n) is 3.45. The van der Waals surface area contributed by atoms with Crippen molar-refractivity contribution in [1.29, 1.82) is 0 Å². The maximum absolute atomic E-state index is 12.9. The Kier molecular flexibility index (Phi) is 4.15. The number of furan rings is 1. The quantitative estimate of drug-likeness (QED) is 0.740. The number of hydrogen-bond acceptors (Lipinski definition) is 5. The molecule has 2 aliphatic rings. The Labute approximate surface area is 155 Å². The van der Waals surface area contributed by atoms with E-state index in [1.807, 2.05) is 18.2 Å². The molecule has 0 aliphatic carbocycles. The predicted molar refractivity (Wildman–Crippen MR) is 94.2 cm³/mol. The zero-order chi connectivity index (χ0) is 18.3. The molecule has 1 aromatic heterocycles. The molecular formula is C19H18ClNO5. The van der Waals surface area contributed by atoms with Crippen LogP contribution in [0, 0.1) is 6.92 Å². The molecule has 6 nitrogen and oxygen atoms in total. The number of aryl methyl sites for hydroxylation is 1. The average molecular weight is 376 g/mol. The van der Waals surface area contributed by atoms with Gasteiger partial charge in [0.15, 0.2) is 5.60 Å². The molecule has 0 bridgehead atoms. The molecule has 2 aliphatic heterocycles. The minimum atomic E-state index is -0.625. The molecule has 1 aromatic carbocycles. The lowest BCUT2D eigenvalue weighted by molar-refractivity contribution is 0.00278. The average Bonchev–Trinajstić information content (AvgIpc) is 3.18. The Morgan fingerprint density at radius 2 is 1.96 bits per heavy atom. The van der Waals surface area contributed by atoms with Gasteiger partial charge in [-0.05, 0) is 25.1 Å². The van der Waals surface area contributed by atoms with Crippen molar-refractivity contribution in [2.24, 2.45) is 0 Å². The molecule has 0 atom stereocenters. The second-order valence-corrected chi connectivity index (χ2v) is 7.08. The summed E-state index contributed by atoms with van der Waals surface area (Å²) in [6.07, 6.45) is 0.511. The summed E-state index contributed by atoms with van der Waals surface area (Å²) in [5.41, 5.74) is 0.696. The minimum Gasteiger partial charge on any atom is -0.460 e. The smallest absolute Gasteiger partial charge is 0.460 e. The number of hydrogen-bond donors (Lipinski definition) is 0.